The molecule has 0 spiro atoms. The molecule has 1 aliphatic rings. The summed E-state index contributed by atoms with van der Waals surface area (Å²) in [6, 6.07) is 3.89. The monoisotopic (exact) mass is 242 g/mol. The second-order valence-electron chi connectivity index (χ2n) is 4.90. The maximum atomic E-state index is 12.9. The van der Waals surface area contributed by atoms with Crippen LogP contribution in [0.4, 0.5) is 4.39 Å². The van der Waals surface area contributed by atoms with Crippen molar-refractivity contribution in [1.82, 2.24) is 0 Å². The molecule has 0 bridgehead atoms. The molecule has 2 nitrogen and oxygen atoms in total. The second-order valence-corrected chi connectivity index (χ2v) is 5.30. The summed E-state index contributed by atoms with van der Waals surface area (Å²) in [5.74, 6) is -1.35. The lowest BCUT2D eigenvalue weighted by Gasteiger charge is -2.17. The van der Waals surface area contributed by atoms with Gasteiger partial charge in [0, 0.05) is 5.02 Å². The zero-order valence-electron chi connectivity index (χ0n) is 9.05. The highest BCUT2D eigenvalue weighted by atomic mass is 35.5. The molecule has 0 heterocycles. The quantitative estimate of drug-likeness (QED) is 0.865. The third-order valence-electron chi connectivity index (χ3n) is 3.49. The molecular weight excluding hydrogens is 231 g/mol. The van der Waals surface area contributed by atoms with E-state index >= 15 is 0 Å². The van der Waals surface area contributed by atoms with Crippen LogP contribution in [-0.2, 0) is 10.2 Å². The van der Waals surface area contributed by atoms with E-state index in [4.69, 9.17) is 11.6 Å². The number of hydrogen-bond acceptors (Lipinski definition) is 1. The summed E-state index contributed by atoms with van der Waals surface area (Å²) >= 11 is 5.92. The van der Waals surface area contributed by atoms with Crippen LogP contribution in [0.3, 0.4) is 0 Å². The molecule has 1 aromatic carbocycles. The van der Waals surface area contributed by atoms with Crippen LogP contribution < -0.4 is 0 Å². The fourth-order valence-electron chi connectivity index (χ4n) is 2.39. The lowest BCUT2D eigenvalue weighted by Crippen LogP contribution is -2.25. The van der Waals surface area contributed by atoms with Crippen LogP contribution in [0.25, 0.3) is 0 Å². The van der Waals surface area contributed by atoms with Crippen LogP contribution in [0.2, 0.25) is 5.02 Å². The van der Waals surface area contributed by atoms with Crippen LogP contribution in [0.15, 0.2) is 18.2 Å². The maximum Gasteiger partial charge on any atom is 0.314 e. The first-order valence-electron chi connectivity index (χ1n) is 5.00. The molecule has 1 aliphatic carbocycles. The molecule has 1 fully saturated rings. The Balaban J connectivity index is 2.56. The van der Waals surface area contributed by atoms with Gasteiger partial charge in [0.05, 0.1) is 5.41 Å². The highest BCUT2D eigenvalue weighted by Crippen LogP contribution is 2.65. The highest BCUT2D eigenvalue weighted by Gasteiger charge is 2.68. The van der Waals surface area contributed by atoms with Gasteiger partial charge in [-0.05, 0) is 29.5 Å². The molecule has 0 radical (unpaired) electrons. The molecule has 1 saturated carbocycles. The van der Waals surface area contributed by atoms with E-state index in [1.807, 2.05) is 13.8 Å². The van der Waals surface area contributed by atoms with Crippen molar-refractivity contribution in [2.75, 3.05) is 0 Å². The Morgan fingerprint density at radius 2 is 2.06 bits per heavy atom. The Bertz CT molecular complexity index is 470. The largest absolute Gasteiger partial charge is 0.481 e. The van der Waals surface area contributed by atoms with Gasteiger partial charge in [-0.3, -0.25) is 4.79 Å². The van der Waals surface area contributed by atoms with Crippen molar-refractivity contribution < 1.29 is 14.3 Å². The topological polar surface area (TPSA) is 37.3 Å². The van der Waals surface area contributed by atoms with Crippen molar-refractivity contribution in [2.45, 2.75) is 25.7 Å². The zero-order chi connectivity index (χ0) is 12.1. The van der Waals surface area contributed by atoms with Crippen molar-refractivity contribution in [3.63, 3.8) is 0 Å². The number of rotatable bonds is 2. The summed E-state index contributed by atoms with van der Waals surface area (Å²) in [4.78, 5) is 11.4. The summed E-state index contributed by atoms with van der Waals surface area (Å²) in [5, 5.41) is 9.52. The molecular formula is C12H12ClFO2. The first-order valence-corrected chi connectivity index (χ1v) is 5.38. The van der Waals surface area contributed by atoms with E-state index in [0.29, 0.717) is 12.0 Å². The smallest absolute Gasteiger partial charge is 0.314 e. The minimum Gasteiger partial charge on any atom is -0.481 e. The van der Waals surface area contributed by atoms with Crippen molar-refractivity contribution >= 4 is 17.6 Å². The van der Waals surface area contributed by atoms with Crippen LogP contribution in [-0.4, -0.2) is 11.1 Å². The predicted octanol–water partition coefficient (Wildman–Crippen LogP) is 3.23. The first kappa shape index (κ1) is 11.4. The van der Waals surface area contributed by atoms with Crippen LogP contribution in [0.1, 0.15) is 25.8 Å². The van der Waals surface area contributed by atoms with Crippen molar-refractivity contribution in [1.29, 1.82) is 0 Å². The number of benzene rings is 1. The molecule has 0 saturated heterocycles. The predicted molar refractivity (Wildman–Crippen MR) is 59.1 cm³/mol. The Labute approximate surface area is 98.0 Å². The molecule has 2 rings (SSSR count). The number of aliphatic carboxylic acids is 1. The summed E-state index contributed by atoms with van der Waals surface area (Å²) in [7, 11) is 0. The molecule has 16 heavy (non-hydrogen) atoms. The third-order valence-corrected chi connectivity index (χ3v) is 3.81. The lowest BCUT2D eigenvalue weighted by molar-refractivity contribution is -0.141. The SMILES string of the molecule is CC1(C)CC1(C(=O)O)c1ccc(F)cc1Cl. The van der Waals surface area contributed by atoms with E-state index in [-0.39, 0.29) is 10.4 Å². The van der Waals surface area contributed by atoms with E-state index in [9.17, 15) is 14.3 Å². The Morgan fingerprint density at radius 3 is 2.44 bits per heavy atom. The van der Waals surface area contributed by atoms with Crippen LogP contribution in [0.5, 0.6) is 0 Å². The van der Waals surface area contributed by atoms with E-state index in [1.165, 1.54) is 12.1 Å². The molecule has 1 atom stereocenters. The van der Waals surface area contributed by atoms with E-state index in [0.717, 1.165) is 6.07 Å². The average Bonchev–Trinajstić information content (AvgIpc) is 2.70. The number of hydrogen-bond donors (Lipinski definition) is 1. The van der Waals surface area contributed by atoms with Gasteiger partial charge in [-0.1, -0.05) is 31.5 Å². The van der Waals surface area contributed by atoms with Gasteiger partial charge in [0.2, 0.25) is 0 Å². The van der Waals surface area contributed by atoms with Gasteiger partial charge in [0.25, 0.3) is 0 Å². The van der Waals surface area contributed by atoms with Crippen molar-refractivity contribution in [2.24, 2.45) is 5.41 Å². The van der Waals surface area contributed by atoms with Crippen LogP contribution in [0, 0.1) is 11.2 Å². The fraction of sp³-hybridized carbons (Fsp3) is 0.417. The highest BCUT2D eigenvalue weighted by molar-refractivity contribution is 6.31. The first-order chi connectivity index (χ1) is 7.31. The molecule has 0 aliphatic heterocycles. The van der Waals surface area contributed by atoms with Gasteiger partial charge >= 0.3 is 5.97 Å². The molecule has 4 heteroatoms. The molecule has 0 aromatic heterocycles. The average molecular weight is 243 g/mol. The minimum absolute atomic E-state index is 0.188. The van der Waals surface area contributed by atoms with Crippen molar-refractivity contribution in [3.8, 4) is 0 Å². The molecule has 1 aromatic rings. The second kappa shape index (κ2) is 3.20. The number of carboxylic acid groups (broad SMARTS) is 1. The Kier molecular flexibility index (Phi) is 2.28. The summed E-state index contributed by atoms with van der Waals surface area (Å²) in [6.07, 6.45) is 0.528. The molecule has 0 amide bonds. The summed E-state index contributed by atoms with van der Waals surface area (Å²) in [6.45, 7) is 3.75. The van der Waals surface area contributed by atoms with Gasteiger partial charge in [-0.2, -0.15) is 0 Å². The van der Waals surface area contributed by atoms with Gasteiger partial charge < -0.3 is 5.11 Å². The van der Waals surface area contributed by atoms with E-state index < -0.39 is 17.2 Å². The van der Waals surface area contributed by atoms with Gasteiger partial charge in [-0.15, -0.1) is 0 Å². The van der Waals surface area contributed by atoms with Crippen LogP contribution >= 0.6 is 11.6 Å². The molecule has 1 unspecified atom stereocenters. The van der Waals surface area contributed by atoms with E-state index in [1.54, 1.807) is 0 Å². The lowest BCUT2D eigenvalue weighted by atomic mass is 9.88. The molecule has 86 valence electrons. The van der Waals surface area contributed by atoms with Crippen molar-refractivity contribution in [3.05, 3.63) is 34.6 Å². The van der Waals surface area contributed by atoms with Gasteiger partial charge in [0.15, 0.2) is 0 Å². The standard InChI is InChI=1S/C12H12ClFO2/c1-11(2)6-12(11,10(15)16)8-4-3-7(14)5-9(8)13/h3-5H,6H2,1-2H3,(H,15,16). The number of carbonyl (C=O) groups is 1. The van der Waals surface area contributed by atoms with E-state index in [2.05, 4.69) is 0 Å². The Hall–Kier alpha value is -1.09. The minimum atomic E-state index is -0.961. The normalized spacial score (nSPS) is 26.5. The third kappa shape index (κ3) is 1.34. The number of carboxylic acids is 1. The maximum absolute atomic E-state index is 12.9. The van der Waals surface area contributed by atoms with Gasteiger partial charge in [0.1, 0.15) is 5.82 Å². The van der Waals surface area contributed by atoms with Gasteiger partial charge in [-0.25, -0.2) is 4.39 Å². The Morgan fingerprint density at radius 1 is 1.50 bits per heavy atom. The summed E-state index contributed by atoms with van der Waals surface area (Å²) < 4.78 is 12.9. The molecule has 1 N–H and O–H groups in total. The summed E-state index contributed by atoms with van der Waals surface area (Å²) in [5.41, 5.74) is -0.786. The fourth-order valence-corrected chi connectivity index (χ4v) is 2.72. The zero-order valence-corrected chi connectivity index (χ0v) is 9.81. The number of halogens is 2.